The summed E-state index contributed by atoms with van der Waals surface area (Å²) in [5.41, 5.74) is 2.22. The van der Waals surface area contributed by atoms with Crippen molar-refractivity contribution in [1.29, 1.82) is 0 Å². The molecule has 1 aromatic carbocycles. The van der Waals surface area contributed by atoms with E-state index in [1.165, 1.54) is 0 Å². The van der Waals surface area contributed by atoms with Crippen molar-refractivity contribution in [2.45, 2.75) is 0 Å². The number of hydrogen-bond acceptors (Lipinski definition) is 7. The molecule has 1 amide bonds. The van der Waals surface area contributed by atoms with E-state index < -0.39 is 0 Å². The summed E-state index contributed by atoms with van der Waals surface area (Å²) in [4.78, 5) is 29.6. The number of piperazine rings is 1. The summed E-state index contributed by atoms with van der Waals surface area (Å²) in [5.74, 6) is 1.47. The molecular formula is C21H22N6O2. The number of hydrogen-bond donors (Lipinski definition) is 1. The molecule has 29 heavy (non-hydrogen) atoms. The van der Waals surface area contributed by atoms with Gasteiger partial charge in [0.05, 0.1) is 24.6 Å². The lowest BCUT2D eigenvalue weighted by Gasteiger charge is -2.34. The summed E-state index contributed by atoms with van der Waals surface area (Å²) in [5, 5.41) is 3.27. The van der Waals surface area contributed by atoms with Crippen LogP contribution in [0.2, 0.25) is 0 Å². The van der Waals surface area contributed by atoms with Crippen molar-refractivity contribution in [3.8, 4) is 5.75 Å². The zero-order valence-corrected chi connectivity index (χ0v) is 16.2. The fourth-order valence-electron chi connectivity index (χ4n) is 3.21. The van der Waals surface area contributed by atoms with E-state index >= 15 is 0 Å². The Bertz CT molecular complexity index is 956. The first kappa shape index (κ1) is 18.7. The van der Waals surface area contributed by atoms with Gasteiger partial charge in [-0.3, -0.25) is 9.78 Å². The summed E-state index contributed by atoms with van der Waals surface area (Å²) in [6, 6.07) is 11.2. The van der Waals surface area contributed by atoms with Gasteiger partial charge in [0, 0.05) is 50.5 Å². The van der Waals surface area contributed by atoms with Crippen LogP contribution in [0.3, 0.4) is 0 Å². The second kappa shape index (κ2) is 8.55. The molecule has 3 aromatic rings. The minimum Gasteiger partial charge on any atom is -0.497 e. The number of rotatable bonds is 5. The molecule has 0 aliphatic carbocycles. The standard InChI is InChI=1S/C21H22N6O2/c1-29-19-5-3-17(4-6-19)25-18-13-16(14-22-15-18)20(28)26-9-11-27(12-10-26)21-23-7-2-8-24-21/h2-8,13-15,25H,9-12H2,1H3. The maximum Gasteiger partial charge on any atom is 0.255 e. The maximum atomic E-state index is 12.9. The zero-order valence-electron chi connectivity index (χ0n) is 16.2. The first-order chi connectivity index (χ1) is 14.2. The van der Waals surface area contributed by atoms with E-state index in [0.29, 0.717) is 37.7 Å². The fraction of sp³-hybridized carbons (Fsp3) is 0.238. The first-order valence-corrected chi connectivity index (χ1v) is 9.40. The number of methoxy groups -OCH3 is 1. The van der Waals surface area contributed by atoms with Crippen LogP contribution in [0.5, 0.6) is 5.75 Å². The first-order valence-electron chi connectivity index (χ1n) is 9.40. The van der Waals surface area contributed by atoms with E-state index in [0.717, 1.165) is 17.1 Å². The molecule has 1 fully saturated rings. The van der Waals surface area contributed by atoms with Crippen molar-refractivity contribution >= 4 is 23.2 Å². The van der Waals surface area contributed by atoms with Crippen molar-refractivity contribution in [3.63, 3.8) is 0 Å². The Kier molecular flexibility index (Phi) is 5.51. The van der Waals surface area contributed by atoms with E-state index in [1.807, 2.05) is 35.2 Å². The van der Waals surface area contributed by atoms with Gasteiger partial charge in [-0.1, -0.05) is 0 Å². The monoisotopic (exact) mass is 390 g/mol. The molecule has 3 heterocycles. The summed E-state index contributed by atoms with van der Waals surface area (Å²) < 4.78 is 5.17. The lowest BCUT2D eigenvalue weighted by molar-refractivity contribution is 0.0746. The highest BCUT2D eigenvalue weighted by Crippen LogP contribution is 2.21. The van der Waals surface area contributed by atoms with E-state index in [4.69, 9.17) is 4.74 Å². The molecule has 8 nitrogen and oxygen atoms in total. The van der Waals surface area contributed by atoms with Gasteiger partial charge in [0.1, 0.15) is 5.75 Å². The maximum absolute atomic E-state index is 12.9. The number of amides is 1. The third-order valence-electron chi connectivity index (χ3n) is 4.77. The number of aromatic nitrogens is 3. The predicted octanol–water partition coefficient (Wildman–Crippen LogP) is 2.59. The van der Waals surface area contributed by atoms with Gasteiger partial charge in [-0.2, -0.15) is 0 Å². The molecule has 0 saturated carbocycles. The molecule has 148 valence electrons. The number of carbonyl (C=O) groups is 1. The molecule has 0 unspecified atom stereocenters. The number of nitrogens with one attached hydrogen (secondary N) is 1. The van der Waals surface area contributed by atoms with Crippen molar-refractivity contribution in [2.75, 3.05) is 43.5 Å². The minimum absolute atomic E-state index is 0.0236. The van der Waals surface area contributed by atoms with E-state index in [1.54, 1.807) is 38.0 Å². The SMILES string of the molecule is COc1ccc(Nc2cncc(C(=O)N3CCN(c4ncccn4)CC3)c2)cc1. The number of benzene rings is 1. The van der Waals surface area contributed by atoms with Crippen molar-refractivity contribution in [3.05, 3.63) is 66.7 Å². The topological polar surface area (TPSA) is 83.5 Å². The van der Waals surface area contributed by atoms with Crippen LogP contribution in [-0.4, -0.2) is 59.0 Å². The Labute approximate surface area is 169 Å². The van der Waals surface area contributed by atoms with Gasteiger partial charge in [-0.25, -0.2) is 9.97 Å². The molecule has 1 saturated heterocycles. The number of anilines is 3. The molecule has 0 radical (unpaired) electrons. The largest absolute Gasteiger partial charge is 0.497 e. The van der Waals surface area contributed by atoms with Gasteiger partial charge in [0.2, 0.25) is 5.95 Å². The Morgan fingerprint density at radius 3 is 2.41 bits per heavy atom. The van der Waals surface area contributed by atoms with Crippen LogP contribution < -0.4 is 15.0 Å². The fourth-order valence-corrected chi connectivity index (χ4v) is 3.21. The Morgan fingerprint density at radius 1 is 1.00 bits per heavy atom. The minimum atomic E-state index is -0.0236. The molecule has 1 N–H and O–H groups in total. The Morgan fingerprint density at radius 2 is 1.72 bits per heavy atom. The lowest BCUT2D eigenvalue weighted by Crippen LogP contribution is -2.49. The number of carbonyl (C=O) groups excluding carboxylic acids is 1. The second-order valence-electron chi connectivity index (χ2n) is 6.64. The molecule has 8 heteroatoms. The molecule has 4 rings (SSSR count). The highest BCUT2D eigenvalue weighted by atomic mass is 16.5. The molecule has 2 aromatic heterocycles. The second-order valence-corrected chi connectivity index (χ2v) is 6.64. The molecule has 0 atom stereocenters. The summed E-state index contributed by atoms with van der Waals surface area (Å²) >= 11 is 0. The van der Waals surface area contributed by atoms with Gasteiger partial charge >= 0.3 is 0 Å². The predicted molar refractivity (Wildman–Crippen MR) is 111 cm³/mol. The van der Waals surface area contributed by atoms with E-state index in [2.05, 4.69) is 25.2 Å². The average molecular weight is 390 g/mol. The molecule has 0 bridgehead atoms. The van der Waals surface area contributed by atoms with Gasteiger partial charge in [0.25, 0.3) is 5.91 Å². The smallest absolute Gasteiger partial charge is 0.255 e. The highest BCUT2D eigenvalue weighted by molar-refractivity contribution is 5.95. The summed E-state index contributed by atoms with van der Waals surface area (Å²) in [7, 11) is 1.63. The van der Waals surface area contributed by atoms with Crippen LogP contribution >= 0.6 is 0 Å². The van der Waals surface area contributed by atoms with Crippen LogP contribution in [0.4, 0.5) is 17.3 Å². The van der Waals surface area contributed by atoms with Crippen LogP contribution in [0.1, 0.15) is 10.4 Å². The average Bonchev–Trinajstić information content (AvgIpc) is 2.80. The molecule has 0 spiro atoms. The van der Waals surface area contributed by atoms with E-state index in [9.17, 15) is 4.79 Å². The molecule has 1 aliphatic rings. The van der Waals surface area contributed by atoms with Crippen molar-refractivity contribution in [2.24, 2.45) is 0 Å². The highest BCUT2D eigenvalue weighted by Gasteiger charge is 2.23. The van der Waals surface area contributed by atoms with Crippen molar-refractivity contribution < 1.29 is 9.53 Å². The molecule has 1 aliphatic heterocycles. The van der Waals surface area contributed by atoms with Gasteiger partial charge in [-0.05, 0) is 36.4 Å². The number of nitrogens with zero attached hydrogens (tertiary/aromatic N) is 5. The van der Waals surface area contributed by atoms with Gasteiger partial charge in [-0.15, -0.1) is 0 Å². The van der Waals surface area contributed by atoms with E-state index in [-0.39, 0.29) is 5.91 Å². The molecular weight excluding hydrogens is 368 g/mol. The quantitative estimate of drug-likeness (QED) is 0.717. The van der Waals surface area contributed by atoms with Crippen molar-refractivity contribution in [1.82, 2.24) is 19.9 Å². The van der Waals surface area contributed by atoms with Crippen LogP contribution in [0.15, 0.2) is 61.2 Å². The summed E-state index contributed by atoms with van der Waals surface area (Å²) in [6.07, 6.45) is 6.76. The Balaban J connectivity index is 1.39. The van der Waals surface area contributed by atoms with Crippen LogP contribution in [0, 0.1) is 0 Å². The van der Waals surface area contributed by atoms with Crippen LogP contribution in [-0.2, 0) is 0 Å². The normalized spacial score (nSPS) is 13.8. The van der Waals surface area contributed by atoms with Gasteiger partial charge < -0.3 is 19.9 Å². The third kappa shape index (κ3) is 4.43. The summed E-state index contributed by atoms with van der Waals surface area (Å²) in [6.45, 7) is 2.64. The number of pyridine rings is 1. The van der Waals surface area contributed by atoms with Crippen LogP contribution in [0.25, 0.3) is 0 Å². The Hall–Kier alpha value is -3.68. The van der Waals surface area contributed by atoms with Gasteiger partial charge in [0.15, 0.2) is 0 Å². The third-order valence-corrected chi connectivity index (χ3v) is 4.77. The number of ether oxygens (including phenoxy) is 1. The lowest BCUT2D eigenvalue weighted by atomic mass is 10.2. The zero-order chi connectivity index (χ0) is 20.1.